The Morgan fingerprint density at radius 2 is 1.61 bits per heavy atom. The molecule has 8 nitrogen and oxygen atoms in total. The van der Waals surface area contributed by atoms with Crippen LogP contribution in [0, 0.1) is 0 Å². The van der Waals surface area contributed by atoms with E-state index in [0.29, 0.717) is 34.1 Å². The maximum Gasteiger partial charge on any atom is 0.573 e. The second-order valence-corrected chi connectivity index (χ2v) is 7.49. The summed E-state index contributed by atoms with van der Waals surface area (Å²) >= 11 is 1.30. The van der Waals surface area contributed by atoms with E-state index >= 15 is 0 Å². The predicted molar refractivity (Wildman–Crippen MR) is 103 cm³/mol. The highest BCUT2D eigenvalue weighted by atomic mass is 32.2. The smallest absolute Gasteiger partial charge is 0.406 e. The van der Waals surface area contributed by atoms with Crippen LogP contribution >= 0.6 is 11.8 Å². The predicted octanol–water partition coefficient (Wildman–Crippen LogP) is 3.34. The molecular formula is C19H14F3N5O3S. The van der Waals surface area contributed by atoms with Crippen molar-refractivity contribution in [1.29, 1.82) is 0 Å². The van der Waals surface area contributed by atoms with Gasteiger partial charge in [0.1, 0.15) is 5.75 Å². The Bertz CT molecular complexity index is 1080. The summed E-state index contributed by atoms with van der Waals surface area (Å²) in [6.07, 6.45) is -4.25. The number of fused-ring (bicyclic) bond motifs is 1. The Morgan fingerprint density at radius 1 is 0.968 bits per heavy atom. The van der Waals surface area contributed by atoms with Crippen LogP contribution in [0.25, 0.3) is 5.69 Å². The van der Waals surface area contributed by atoms with E-state index in [1.54, 1.807) is 24.3 Å². The van der Waals surface area contributed by atoms with Gasteiger partial charge < -0.3 is 4.74 Å². The molecule has 3 aromatic rings. The average molecular weight is 449 g/mol. The molecule has 1 aromatic heterocycles. The van der Waals surface area contributed by atoms with Gasteiger partial charge in [-0.05, 0) is 53.2 Å². The van der Waals surface area contributed by atoms with E-state index in [2.05, 4.69) is 20.3 Å². The Morgan fingerprint density at radius 3 is 2.23 bits per heavy atom. The molecule has 0 radical (unpaired) electrons. The molecule has 0 aliphatic carbocycles. The first kappa shape index (κ1) is 20.8. The number of hydrogen-bond donors (Lipinski definition) is 0. The molecule has 0 unspecified atom stereocenters. The average Bonchev–Trinajstić information content (AvgIpc) is 3.29. The third-order valence-electron chi connectivity index (χ3n) is 4.39. The van der Waals surface area contributed by atoms with Crippen molar-refractivity contribution in [3.05, 3.63) is 59.7 Å². The SMILES string of the molecule is O=C1c2ccccc2C(=O)N1CCCSc1nnnn1-c1ccc(OC(F)(F)F)cc1. The van der Waals surface area contributed by atoms with Gasteiger partial charge >= 0.3 is 6.36 Å². The minimum atomic E-state index is -4.77. The van der Waals surface area contributed by atoms with Gasteiger partial charge in [-0.3, -0.25) is 14.5 Å². The van der Waals surface area contributed by atoms with Crippen LogP contribution in [-0.4, -0.2) is 55.6 Å². The lowest BCUT2D eigenvalue weighted by Gasteiger charge is -2.13. The quantitative estimate of drug-likeness (QED) is 0.310. The molecular weight excluding hydrogens is 435 g/mol. The van der Waals surface area contributed by atoms with Crippen molar-refractivity contribution in [1.82, 2.24) is 25.1 Å². The number of amides is 2. The summed E-state index contributed by atoms with van der Waals surface area (Å²) in [5, 5.41) is 11.8. The van der Waals surface area contributed by atoms with Gasteiger partial charge in [-0.1, -0.05) is 23.9 Å². The maximum absolute atomic E-state index is 12.4. The number of alkyl halides is 3. The fraction of sp³-hybridized carbons (Fsp3) is 0.211. The zero-order chi connectivity index (χ0) is 22.0. The van der Waals surface area contributed by atoms with Crippen molar-refractivity contribution in [3.8, 4) is 11.4 Å². The van der Waals surface area contributed by atoms with E-state index in [4.69, 9.17) is 0 Å². The van der Waals surface area contributed by atoms with Crippen LogP contribution < -0.4 is 4.74 Å². The number of ether oxygens (including phenoxy) is 1. The molecule has 0 fully saturated rings. The number of nitrogens with zero attached hydrogens (tertiary/aromatic N) is 5. The number of imide groups is 1. The summed E-state index contributed by atoms with van der Waals surface area (Å²) in [6.45, 7) is 0.254. The molecule has 0 N–H and O–H groups in total. The molecule has 4 rings (SSSR count). The molecule has 0 saturated carbocycles. The van der Waals surface area contributed by atoms with Crippen molar-refractivity contribution < 1.29 is 27.5 Å². The van der Waals surface area contributed by atoms with Crippen molar-refractivity contribution in [2.75, 3.05) is 12.3 Å². The van der Waals surface area contributed by atoms with Gasteiger partial charge in [0.05, 0.1) is 16.8 Å². The first-order valence-electron chi connectivity index (χ1n) is 9.06. The number of aromatic nitrogens is 4. The highest BCUT2D eigenvalue weighted by molar-refractivity contribution is 7.99. The molecule has 0 bridgehead atoms. The number of carbonyl (C=O) groups excluding carboxylic acids is 2. The van der Waals surface area contributed by atoms with E-state index in [9.17, 15) is 22.8 Å². The number of carbonyl (C=O) groups is 2. The number of thioether (sulfide) groups is 1. The van der Waals surface area contributed by atoms with Crippen LogP contribution in [0.2, 0.25) is 0 Å². The van der Waals surface area contributed by atoms with E-state index < -0.39 is 6.36 Å². The summed E-state index contributed by atoms with van der Waals surface area (Å²) < 4.78 is 42.1. The molecule has 12 heteroatoms. The molecule has 2 heterocycles. The monoisotopic (exact) mass is 449 g/mol. The lowest BCUT2D eigenvalue weighted by Crippen LogP contribution is -2.31. The van der Waals surface area contributed by atoms with Crippen molar-refractivity contribution >= 4 is 23.6 Å². The zero-order valence-corrected chi connectivity index (χ0v) is 16.6. The number of halogens is 3. The topological polar surface area (TPSA) is 90.2 Å². The second kappa shape index (κ2) is 8.38. The normalized spacial score (nSPS) is 13.6. The summed E-state index contributed by atoms with van der Waals surface area (Å²) in [5.74, 6) is -0.448. The molecule has 0 atom stereocenters. The molecule has 2 amide bonds. The first-order chi connectivity index (χ1) is 14.8. The van der Waals surface area contributed by atoms with Gasteiger partial charge in [-0.2, -0.15) is 4.68 Å². The fourth-order valence-electron chi connectivity index (χ4n) is 3.05. The molecule has 2 aromatic carbocycles. The fourth-order valence-corrected chi connectivity index (χ4v) is 3.86. The van der Waals surface area contributed by atoms with E-state index in [1.807, 2.05) is 0 Å². The van der Waals surface area contributed by atoms with Crippen molar-refractivity contribution in [2.45, 2.75) is 17.9 Å². The zero-order valence-electron chi connectivity index (χ0n) is 15.7. The standard InChI is InChI=1S/C19H14F3N5O3S/c20-19(21,22)30-13-8-6-12(7-9-13)27-18(23-24-25-27)31-11-3-10-26-16(28)14-4-1-2-5-15(14)17(26)29/h1-2,4-9H,3,10-11H2. The Hall–Kier alpha value is -3.41. The molecule has 1 aliphatic rings. The molecule has 0 spiro atoms. The van der Waals surface area contributed by atoms with Crippen LogP contribution in [-0.2, 0) is 0 Å². The van der Waals surface area contributed by atoms with Gasteiger partial charge in [0.2, 0.25) is 5.16 Å². The van der Waals surface area contributed by atoms with Gasteiger partial charge in [-0.15, -0.1) is 18.3 Å². The van der Waals surface area contributed by atoms with Gasteiger partial charge in [0.25, 0.3) is 11.8 Å². The number of hydrogen-bond acceptors (Lipinski definition) is 7. The Balaban J connectivity index is 1.34. The van der Waals surface area contributed by atoms with Crippen LogP contribution in [0.5, 0.6) is 5.75 Å². The van der Waals surface area contributed by atoms with Crippen molar-refractivity contribution in [3.63, 3.8) is 0 Å². The second-order valence-electron chi connectivity index (χ2n) is 6.42. The summed E-state index contributed by atoms with van der Waals surface area (Å²) in [4.78, 5) is 25.9. The van der Waals surface area contributed by atoms with Gasteiger partial charge in [0.15, 0.2) is 0 Å². The Kier molecular flexibility index (Phi) is 5.63. The lowest BCUT2D eigenvalue weighted by atomic mass is 10.1. The molecule has 1 aliphatic heterocycles. The highest BCUT2D eigenvalue weighted by Gasteiger charge is 2.34. The number of rotatable bonds is 7. The van der Waals surface area contributed by atoms with Crippen LogP contribution in [0.1, 0.15) is 27.1 Å². The third kappa shape index (κ3) is 4.53. The summed E-state index contributed by atoms with van der Waals surface area (Å²) in [7, 11) is 0. The van der Waals surface area contributed by atoms with Crippen LogP contribution in [0.3, 0.4) is 0 Å². The van der Waals surface area contributed by atoms with Crippen LogP contribution in [0.4, 0.5) is 13.2 Å². The molecule has 31 heavy (non-hydrogen) atoms. The van der Waals surface area contributed by atoms with Crippen LogP contribution in [0.15, 0.2) is 53.7 Å². The number of tetrazole rings is 1. The lowest BCUT2D eigenvalue weighted by molar-refractivity contribution is -0.274. The first-order valence-corrected chi connectivity index (χ1v) is 10.0. The largest absolute Gasteiger partial charge is 0.573 e. The molecule has 0 saturated heterocycles. The minimum Gasteiger partial charge on any atom is -0.406 e. The number of benzene rings is 2. The summed E-state index contributed by atoms with van der Waals surface area (Å²) in [5.41, 5.74) is 1.27. The van der Waals surface area contributed by atoms with Gasteiger partial charge in [-0.25, -0.2) is 0 Å². The molecule has 160 valence electrons. The van der Waals surface area contributed by atoms with E-state index in [1.165, 1.54) is 45.6 Å². The third-order valence-corrected chi connectivity index (χ3v) is 5.40. The van der Waals surface area contributed by atoms with Gasteiger partial charge in [0, 0.05) is 12.3 Å². The Labute approximate surface area is 178 Å². The minimum absolute atomic E-state index is 0.254. The summed E-state index contributed by atoms with van der Waals surface area (Å²) in [6, 6.07) is 11.8. The van der Waals surface area contributed by atoms with Crippen molar-refractivity contribution in [2.24, 2.45) is 0 Å². The maximum atomic E-state index is 12.4. The van der Waals surface area contributed by atoms with E-state index in [-0.39, 0.29) is 24.1 Å². The highest BCUT2D eigenvalue weighted by Crippen LogP contribution is 2.26. The van der Waals surface area contributed by atoms with E-state index in [0.717, 1.165) is 0 Å².